The highest BCUT2D eigenvalue weighted by molar-refractivity contribution is 5.93. The van der Waals surface area contributed by atoms with Crippen LogP contribution < -0.4 is 10.1 Å². The third-order valence-corrected chi connectivity index (χ3v) is 4.63. The molecule has 0 aliphatic carbocycles. The Balaban J connectivity index is 0.00000136. The first-order chi connectivity index (χ1) is 13.6. The van der Waals surface area contributed by atoms with Crippen LogP contribution in [0.3, 0.4) is 0 Å². The van der Waals surface area contributed by atoms with Gasteiger partial charge in [0.25, 0.3) is 0 Å². The molecule has 0 fully saturated rings. The number of nitrogens with one attached hydrogen (secondary N) is 1. The first-order valence-electron chi connectivity index (χ1n) is 9.11. The van der Waals surface area contributed by atoms with Crippen LogP contribution in [0, 0.1) is 0 Å². The van der Waals surface area contributed by atoms with Crippen LogP contribution in [-0.4, -0.2) is 29.2 Å². The quantitative estimate of drug-likeness (QED) is 0.537. The van der Waals surface area contributed by atoms with Gasteiger partial charge in [-0.15, -0.1) is 13.2 Å². The molecule has 5 heteroatoms. The summed E-state index contributed by atoms with van der Waals surface area (Å²) in [7, 11) is 0. The molecule has 0 bridgehead atoms. The molecular formula is C23H26N2O3. The first-order valence-corrected chi connectivity index (χ1v) is 9.11. The molecule has 1 aromatic heterocycles. The molecule has 0 saturated heterocycles. The minimum absolute atomic E-state index is 0.228. The molecule has 0 radical (unpaired) electrons. The van der Waals surface area contributed by atoms with Gasteiger partial charge in [-0.3, -0.25) is 4.98 Å². The van der Waals surface area contributed by atoms with Crippen molar-refractivity contribution in [2.45, 2.75) is 19.3 Å². The highest BCUT2D eigenvalue weighted by atomic mass is 16.5. The van der Waals surface area contributed by atoms with Gasteiger partial charge in [-0.2, -0.15) is 0 Å². The molecule has 3 rings (SSSR count). The number of ether oxygens (including phenoxy) is 1. The average Bonchev–Trinajstić information content (AvgIpc) is 2.74. The van der Waals surface area contributed by atoms with Gasteiger partial charge < -0.3 is 15.2 Å². The topological polar surface area (TPSA) is 71.5 Å². The van der Waals surface area contributed by atoms with Gasteiger partial charge in [0.1, 0.15) is 5.75 Å². The summed E-state index contributed by atoms with van der Waals surface area (Å²) >= 11 is 0. The maximum Gasteiger partial charge on any atom is 0.337 e. The second kappa shape index (κ2) is 10.1. The van der Waals surface area contributed by atoms with E-state index in [4.69, 9.17) is 4.74 Å². The fraction of sp³-hybridized carbons (Fsp3) is 0.217. The van der Waals surface area contributed by atoms with Crippen molar-refractivity contribution in [3.8, 4) is 5.75 Å². The molecule has 1 aliphatic heterocycles. The summed E-state index contributed by atoms with van der Waals surface area (Å²) in [6.45, 7) is 13.1. The lowest BCUT2D eigenvalue weighted by atomic mass is 9.91. The Morgan fingerprint density at radius 1 is 1.39 bits per heavy atom. The predicted molar refractivity (Wildman–Crippen MR) is 114 cm³/mol. The van der Waals surface area contributed by atoms with Crippen molar-refractivity contribution < 1.29 is 14.6 Å². The van der Waals surface area contributed by atoms with Crippen LogP contribution >= 0.6 is 0 Å². The molecule has 2 heterocycles. The number of fused-ring (bicyclic) bond motifs is 1. The number of carboxylic acid groups (broad SMARTS) is 1. The zero-order valence-electron chi connectivity index (χ0n) is 16.1. The highest BCUT2D eigenvalue weighted by Crippen LogP contribution is 2.36. The summed E-state index contributed by atoms with van der Waals surface area (Å²) in [5, 5.41) is 12.5. The molecule has 0 unspecified atom stereocenters. The number of carboxylic acids is 1. The SMILES string of the molecule is C=C.C=C/C(=C\C)c1ccc2c(c1)OCC[C@@H]2CNc1cnccc1C(=O)O. The Hall–Kier alpha value is -3.34. The van der Waals surface area contributed by atoms with Crippen molar-refractivity contribution in [2.75, 3.05) is 18.5 Å². The third-order valence-electron chi connectivity index (χ3n) is 4.63. The zero-order valence-corrected chi connectivity index (χ0v) is 16.1. The van der Waals surface area contributed by atoms with Gasteiger partial charge in [-0.1, -0.05) is 30.9 Å². The molecule has 1 atom stereocenters. The Bertz CT molecular complexity index is 874. The minimum atomic E-state index is -0.963. The summed E-state index contributed by atoms with van der Waals surface area (Å²) in [5.74, 6) is 0.161. The second-order valence-corrected chi connectivity index (χ2v) is 6.14. The summed E-state index contributed by atoms with van der Waals surface area (Å²) < 4.78 is 5.85. The van der Waals surface area contributed by atoms with Crippen molar-refractivity contribution in [3.05, 3.63) is 85.2 Å². The Morgan fingerprint density at radius 2 is 2.18 bits per heavy atom. The van der Waals surface area contributed by atoms with E-state index in [1.807, 2.05) is 25.1 Å². The van der Waals surface area contributed by atoms with E-state index < -0.39 is 5.97 Å². The molecule has 146 valence electrons. The van der Waals surface area contributed by atoms with E-state index >= 15 is 0 Å². The van der Waals surface area contributed by atoms with Crippen molar-refractivity contribution in [1.82, 2.24) is 4.98 Å². The number of aromatic carboxylic acids is 1. The fourth-order valence-corrected chi connectivity index (χ4v) is 3.21. The minimum Gasteiger partial charge on any atom is -0.493 e. The van der Waals surface area contributed by atoms with Gasteiger partial charge in [-0.05, 0) is 42.2 Å². The molecule has 0 saturated carbocycles. The van der Waals surface area contributed by atoms with E-state index in [0.717, 1.165) is 28.9 Å². The Morgan fingerprint density at radius 3 is 2.86 bits per heavy atom. The smallest absolute Gasteiger partial charge is 0.337 e. The lowest BCUT2D eigenvalue weighted by Gasteiger charge is -2.27. The van der Waals surface area contributed by atoms with E-state index in [-0.39, 0.29) is 11.5 Å². The molecule has 2 N–H and O–H groups in total. The lowest BCUT2D eigenvalue weighted by Crippen LogP contribution is -2.21. The largest absolute Gasteiger partial charge is 0.493 e. The monoisotopic (exact) mass is 378 g/mol. The Kier molecular flexibility index (Phi) is 7.57. The molecule has 2 aromatic rings. The zero-order chi connectivity index (χ0) is 20.5. The van der Waals surface area contributed by atoms with Crippen LogP contribution in [-0.2, 0) is 0 Å². The lowest BCUT2D eigenvalue weighted by molar-refractivity contribution is 0.0697. The van der Waals surface area contributed by atoms with Crippen LogP contribution in [0.5, 0.6) is 5.75 Å². The maximum atomic E-state index is 11.3. The molecule has 1 aliphatic rings. The van der Waals surface area contributed by atoms with Crippen LogP contribution in [0.25, 0.3) is 5.57 Å². The van der Waals surface area contributed by atoms with Crippen molar-refractivity contribution in [1.29, 1.82) is 0 Å². The number of pyridine rings is 1. The number of hydrogen-bond donors (Lipinski definition) is 2. The van der Waals surface area contributed by atoms with Crippen LogP contribution in [0.15, 0.2) is 68.5 Å². The highest BCUT2D eigenvalue weighted by Gasteiger charge is 2.22. The summed E-state index contributed by atoms with van der Waals surface area (Å²) in [6.07, 6.45) is 7.76. The number of nitrogens with zero attached hydrogens (tertiary/aromatic N) is 1. The van der Waals surface area contributed by atoms with Crippen LogP contribution in [0.4, 0.5) is 5.69 Å². The van der Waals surface area contributed by atoms with Crippen LogP contribution in [0.2, 0.25) is 0 Å². The van der Waals surface area contributed by atoms with Crippen molar-refractivity contribution in [3.63, 3.8) is 0 Å². The molecular weight excluding hydrogens is 352 g/mol. The predicted octanol–water partition coefficient (Wildman–Crippen LogP) is 5.15. The molecule has 0 amide bonds. The first kappa shape index (κ1) is 21.0. The van der Waals surface area contributed by atoms with E-state index in [9.17, 15) is 9.90 Å². The maximum absolute atomic E-state index is 11.3. The number of hydrogen-bond acceptors (Lipinski definition) is 4. The normalized spacial score (nSPS) is 15.3. The summed E-state index contributed by atoms with van der Waals surface area (Å²) in [6, 6.07) is 7.71. The van der Waals surface area contributed by atoms with Gasteiger partial charge in [0, 0.05) is 18.7 Å². The third kappa shape index (κ3) is 4.68. The summed E-state index contributed by atoms with van der Waals surface area (Å²) in [5.41, 5.74) is 4.04. The van der Waals surface area contributed by atoms with E-state index in [1.54, 1.807) is 6.20 Å². The van der Waals surface area contributed by atoms with E-state index in [2.05, 4.69) is 42.2 Å². The summed E-state index contributed by atoms with van der Waals surface area (Å²) in [4.78, 5) is 15.3. The van der Waals surface area contributed by atoms with Crippen molar-refractivity contribution in [2.24, 2.45) is 0 Å². The van der Waals surface area contributed by atoms with Crippen LogP contribution in [0.1, 0.15) is 40.7 Å². The number of rotatable bonds is 6. The van der Waals surface area contributed by atoms with E-state index in [0.29, 0.717) is 18.8 Å². The van der Waals surface area contributed by atoms with Gasteiger partial charge in [0.2, 0.25) is 0 Å². The van der Waals surface area contributed by atoms with Crippen molar-refractivity contribution >= 4 is 17.2 Å². The second-order valence-electron chi connectivity index (χ2n) is 6.14. The number of carbonyl (C=O) groups is 1. The van der Waals surface area contributed by atoms with E-state index in [1.165, 1.54) is 12.3 Å². The van der Waals surface area contributed by atoms with Gasteiger partial charge >= 0.3 is 5.97 Å². The van der Waals surface area contributed by atoms with Gasteiger partial charge in [-0.25, -0.2) is 4.79 Å². The van der Waals surface area contributed by atoms with Gasteiger partial charge in [0.15, 0.2) is 0 Å². The Labute approximate surface area is 166 Å². The number of anilines is 1. The number of aromatic nitrogens is 1. The molecule has 5 nitrogen and oxygen atoms in total. The molecule has 28 heavy (non-hydrogen) atoms. The average molecular weight is 378 g/mol. The standard InChI is InChI=1S/C21H22N2O3.C2H4/c1-3-14(4-2)15-5-6-17-16(8-10-26-20(17)11-15)12-23-19-13-22-9-7-18(19)21(24)25;1-2/h3-7,9,11,13,16,23H,1,8,10,12H2,2H3,(H,24,25);1-2H2/b14-4+;/t16-;/m1./s1. The molecule has 1 aromatic carbocycles. The fourth-order valence-electron chi connectivity index (χ4n) is 3.21. The number of allylic oxidation sites excluding steroid dienone is 3. The van der Waals surface area contributed by atoms with Gasteiger partial charge in [0.05, 0.1) is 24.1 Å². The molecule has 0 spiro atoms. The number of benzene rings is 1.